The molecular weight excluding hydrogens is 240 g/mol. The van der Waals surface area contributed by atoms with Crippen molar-refractivity contribution in [3.8, 4) is 0 Å². The molecule has 7 heteroatoms. The molecule has 108 valence electrons. The predicted octanol–water partition coefficient (Wildman–Crippen LogP) is -1.54. The minimum absolute atomic E-state index is 0.0220. The van der Waals surface area contributed by atoms with Crippen molar-refractivity contribution in [2.24, 2.45) is 0 Å². The van der Waals surface area contributed by atoms with Gasteiger partial charge in [-0.05, 0) is 12.8 Å². The summed E-state index contributed by atoms with van der Waals surface area (Å²) in [5.74, 6) is 0. The molecular formula is C11H24N2O5. The molecule has 0 aliphatic heterocycles. The fourth-order valence-corrected chi connectivity index (χ4v) is 1.57. The lowest BCUT2D eigenvalue weighted by Crippen LogP contribution is -2.46. The van der Waals surface area contributed by atoms with E-state index in [9.17, 15) is 4.79 Å². The van der Waals surface area contributed by atoms with Gasteiger partial charge in [-0.25, -0.2) is 4.79 Å². The van der Waals surface area contributed by atoms with Crippen LogP contribution in [-0.2, 0) is 0 Å². The Morgan fingerprint density at radius 2 is 1.06 bits per heavy atom. The predicted molar refractivity (Wildman–Crippen MR) is 66.1 cm³/mol. The first-order valence-electron chi connectivity index (χ1n) is 6.18. The van der Waals surface area contributed by atoms with Crippen LogP contribution < -0.4 is 0 Å². The summed E-state index contributed by atoms with van der Waals surface area (Å²) in [6, 6.07) is -0.292. The molecule has 0 aromatic rings. The maximum absolute atomic E-state index is 12.1. The Morgan fingerprint density at radius 1 is 0.667 bits per heavy atom. The molecule has 0 bridgehead atoms. The second-order valence-electron chi connectivity index (χ2n) is 3.86. The largest absolute Gasteiger partial charge is 0.396 e. The Labute approximate surface area is 107 Å². The van der Waals surface area contributed by atoms with E-state index < -0.39 is 0 Å². The van der Waals surface area contributed by atoms with Crippen molar-refractivity contribution in [1.82, 2.24) is 9.80 Å². The van der Waals surface area contributed by atoms with Crippen LogP contribution in [0.3, 0.4) is 0 Å². The Morgan fingerprint density at radius 3 is 1.33 bits per heavy atom. The molecule has 0 fully saturated rings. The summed E-state index contributed by atoms with van der Waals surface area (Å²) >= 11 is 0. The number of amides is 2. The van der Waals surface area contributed by atoms with E-state index >= 15 is 0 Å². The third-order valence-electron chi connectivity index (χ3n) is 2.45. The van der Waals surface area contributed by atoms with E-state index in [1.807, 2.05) is 0 Å². The van der Waals surface area contributed by atoms with Gasteiger partial charge in [0, 0.05) is 39.4 Å². The molecule has 0 heterocycles. The summed E-state index contributed by atoms with van der Waals surface area (Å²) in [6.45, 7) is 0.764. The molecule has 0 spiro atoms. The molecule has 0 rings (SSSR count). The minimum atomic E-state index is -0.292. The first kappa shape index (κ1) is 17.1. The summed E-state index contributed by atoms with van der Waals surface area (Å²) in [7, 11) is 0. The lowest BCUT2D eigenvalue weighted by Gasteiger charge is -2.29. The quantitative estimate of drug-likeness (QED) is 0.383. The third kappa shape index (κ3) is 6.75. The van der Waals surface area contributed by atoms with Crippen molar-refractivity contribution in [2.75, 3.05) is 52.6 Å². The van der Waals surface area contributed by atoms with E-state index in [0.717, 1.165) is 0 Å². The van der Waals surface area contributed by atoms with E-state index in [2.05, 4.69) is 0 Å². The molecule has 0 unspecified atom stereocenters. The molecule has 18 heavy (non-hydrogen) atoms. The van der Waals surface area contributed by atoms with Crippen molar-refractivity contribution < 1.29 is 25.2 Å². The normalized spacial score (nSPS) is 10.4. The Bertz CT molecular complexity index is 196. The van der Waals surface area contributed by atoms with Crippen LogP contribution in [0.1, 0.15) is 12.8 Å². The van der Waals surface area contributed by atoms with E-state index in [-0.39, 0.29) is 45.5 Å². The van der Waals surface area contributed by atoms with Crippen LogP contribution in [0.25, 0.3) is 0 Å². The second kappa shape index (κ2) is 11.2. The highest BCUT2D eigenvalue weighted by Gasteiger charge is 2.19. The van der Waals surface area contributed by atoms with Gasteiger partial charge >= 0.3 is 6.03 Å². The number of hydrogen-bond acceptors (Lipinski definition) is 5. The molecule has 2 amide bonds. The van der Waals surface area contributed by atoms with Gasteiger partial charge in [-0.3, -0.25) is 0 Å². The average molecular weight is 264 g/mol. The summed E-state index contributed by atoms with van der Waals surface area (Å²) in [4.78, 5) is 15.0. The molecule has 0 saturated carbocycles. The molecule has 0 aliphatic carbocycles. The second-order valence-corrected chi connectivity index (χ2v) is 3.86. The lowest BCUT2D eigenvalue weighted by atomic mass is 10.3. The zero-order valence-corrected chi connectivity index (χ0v) is 10.7. The SMILES string of the molecule is O=C(N(CCO)CCCO)N(CCO)CCCO. The van der Waals surface area contributed by atoms with Crippen molar-refractivity contribution in [3.05, 3.63) is 0 Å². The Hall–Kier alpha value is -0.890. The highest BCUT2D eigenvalue weighted by atomic mass is 16.3. The zero-order valence-electron chi connectivity index (χ0n) is 10.7. The first-order valence-corrected chi connectivity index (χ1v) is 6.18. The molecule has 0 radical (unpaired) electrons. The van der Waals surface area contributed by atoms with Gasteiger partial charge < -0.3 is 30.2 Å². The van der Waals surface area contributed by atoms with Crippen LogP contribution in [-0.4, -0.2) is 88.9 Å². The average Bonchev–Trinajstić information content (AvgIpc) is 2.38. The summed E-state index contributed by atoms with van der Waals surface area (Å²) in [6.07, 6.45) is 0.886. The van der Waals surface area contributed by atoms with Gasteiger partial charge in [0.1, 0.15) is 0 Å². The zero-order chi connectivity index (χ0) is 13.8. The third-order valence-corrected chi connectivity index (χ3v) is 2.45. The van der Waals surface area contributed by atoms with Gasteiger partial charge in [-0.2, -0.15) is 0 Å². The summed E-state index contributed by atoms with van der Waals surface area (Å²) < 4.78 is 0. The highest BCUT2D eigenvalue weighted by molar-refractivity contribution is 5.74. The standard InChI is InChI=1S/C11H24N2O5/c14-7-1-3-12(5-9-16)11(18)13(6-10-17)4-2-8-15/h14-17H,1-10H2. The number of aliphatic hydroxyl groups is 4. The van der Waals surface area contributed by atoms with Crippen LogP contribution >= 0.6 is 0 Å². The van der Waals surface area contributed by atoms with Crippen molar-refractivity contribution >= 4 is 6.03 Å². The number of urea groups is 1. The van der Waals surface area contributed by atoms with Crippen molar-refractivity contribution in [1.29, 1.82) is 0 Å². The molecule has 0 saturated heterocycles. The maximum atomic E-state index is 12.1. The molecule has 0 atom stereocenters. The van der Waals surface area contributed by atoms with E-state index in [1.54, 1.807) is 0 Å². The van der Waals surface area contributed by atoms with Gasteiger partial charge in [0.2, 0.25) is 0 Å². The molecule has 7 nitrogen and oxygen atoms in total. The summed E-state index contributed by atoms with van der Waals surface area (Å²) in [5, 5.41) is 35.3. The van der Waals surface area contributed by atoms with E-state index in [4.69, 9.17) is 20.4 Å². The van der Waals surface area contributed by atoms with Gasteiger partial charge in [-0.1, -0.05) is 0 Å². The van der Waals surface area contributed by atoms with E-state index in [0.29, 0.717) is 25.9 Å². The van der Waals surface area contributed by atoms with Crippen LogP contribution in [0.15, 0.2) is 0 Å². The first-order chi connectivity index (χ1) is 8.71. The highest BCUT2D eigenvalue weighted by Crippen LogP contribution is 2.02. The number of aliphatic hydroxyl groups excluding tert-OH is 4. The fourth-order valence-electron chi connectivity index (χ4n) is 1.57. The molecule has 4 N–H and O–H groups in total. The van der Waals surface area contributed by atoms with Gasteiger partial charge in [0.15, 0.2) is 0 Å². The Balaban J connectivity index is 4.43. The number of carbonyl (C=O) groups excluding carboxylic acids is 1. The van der Waals surface area contributed by atoms with Gasteiger partial charge in [-0.15, -0.1) is 0 Å². The van der Waals surface area contributed by atoms with Crippen molar-refractivity contribution in [2.45, 2.75) is 12.8 Å². The van der Waals surface area contributed by atoms with Crippen LogP contribution in [0, 0.1) is 0 Å². The Kier molecular flexibility index (Phi) is 10.7. The fraction of sp³-hybridized carbons (Fsp3) is 0.909. The summed E-state index contributed by atoms with van der Waals surface area (Å²) in [5.41, 5.74) is 0. The van der Waals surface area contributed by atoms with Crippen LogP contribution in [0.4, 0.5) is 4.79 Å². The van der Waals surface area contributed by atoms with Gasteiger partial charge in [0.25, 0.3) is 0 Å². The molecule has 0 aromatic carbocycles. The van der Waals surface area contributed by atoms with Crippen LogP contribution in [0.5, 0.6) is 0 Å². The minimum Gasteiger partial charge on any atom is -0.396 e. The van der Waals surface area contributed by atoms with Crippen LogP contribution in [0.2, 0.25) is 0 Å². The topological polar surface area (TPSA) is 104 Å². The number of hydrogen-bond donors (Lipinski definition) is 4. The number of carbonyl (C=O) groups is 1. The monoisotopic (exact) mass is 264 g/mol. The maximum Gasteiger partial charge on any atom is 0.320 e. The lowest BCUT2D eigenvalue weighted by molar-refractivity contribution is 0.122. The molecule has 0 aliphatic rings. The van der Waals surface area contributed by atoms with Crippen molar-refractivity contribution in [3.63, 3.8) is 0 Å². The van der Waals surface area contributed by atoms with E-state index in [1.165, 1.54) is 9.80 Å². The number of rotatable bonds is 10. The number of nitrogens with zero attached hydrogens (tertiary/aromatic N) is 2. The smallest absolute Gasteiger partial charge is 0.320 e. The molecule has 0 aromatic heterocycles. The van der Waals surface area contributed by atoms with Gasteiger partial charge in [0.05, 0.1) is 13.2 Å².